The van der Waals surface area contributed by atoms with Crippen LogP contribution < -0.4 is 9.47 Å². The van der Waals surface area contributed by atoms with Gasteiger partial charge in [0.1, 0.15) is 11.5 Å². The molecule has 0 saturated carbocycles. The number of rotatable bonds is 8. The van der Waals surface area contributed by atoms with Gasteiger partial charge in [0.25, 0.3) is 0 Å². The molecule has 0 aromatic heterocycles. The Morgan fingerprint density at radius 1 is 0.750 bits per heavy atom. The number of ether oxygens (including phenoxy) is 2. The van der Waals surface area contributed by atoms with E-state index in [9.17, 15) is 0 Å². The molecule has 3 heteroatoms. The molecule has 0 aliphatic carbocycles. The van der Waals surface area contributed by atoms with Gasteiger partial charge in [-0.2, -0.15) is 0 Å². The molecule has 0 fully saturated rings. The highest BCUT2D eigenvalue weighted by Crippen LogP contribution is 2.35. The van der Waals surface area contributed by atoms with Crippen molar-refractivity contribution in [2.45, 2.75) is 13.3 Å². The number of halogens is 1. The Kier molecular flexibility index (Phi) is 7.32. The minimum absolute atomic E-state index is 0.657. The second-order valence-corrected chi connectivity index (χ2v) is 7.16. The third-order valence-corrected chi connectivity index (χ3v) is 4.97. The van der Waals surface area contributed by atoms with Gasteiger partial charge < -0.3 is 9.47 Å². The van der Waals surface area contributed by atoms with Crippen molar-refractivity contribution in [3.63, 3.8) is 0 Å². The maximum atomic E-state index is 5.72. The number of hydrogen-bond donors (Lipinski definition) is 0. The van der Waals surface area contributed by atoms with Crippen molar-refractivity contribution in [1.82, 2.24) is 0 Å². The standard InChI is InChI=1S/C25H25BrO2/c1-3-24(19-7-5-4-6-8-19)25(20-9-13-22(27-2)14-10-20)21-11-15-23(16-12-21)28-18-17-26/h4-16H,3,17-18H2,1-2H3. The molecular weight excluding hydrogens is 412 g/mol. The first kappa shape index (κ1) is 20.2. The molecule has 144 valence electrons. The summed E-state index contributed by atoms with van der Waals surface area (Å²) < 4.78 is 11.1. The minimum atomic E-state index is 0.657. The van der Waals surface area contributed by atoms with E-state index in [-0.39, 0.29) is 0 Å². The molecule has 0 aliphatic heterocycles. The van der Waals surface area contributed by atoms with E-state index >= 15 is 0 Å². The van der Waals surface area contributed by atoms with E-state index in [0.29, 0.717) is 6.61 Å². The number of methoxy groups -OCH3 is 1. The van der Waals surface area contributed by atoms with Crippen LogP contribution in [-0.2, 0) is 0 Å². The zero-order valence-corrected chi connectivity index (χ0v) is 17.9. The number of allylic oxidation sites excluding steroid dienone is 1. The van der Waals surface area contributed by atoms with E-state index in [0.717, 1.165) is 23.2 Å². The summed E-state index contributed by atoms with van der Waals surface area (Å²) in [5, 5.41) is 0.819. The van der Waals surface area contributed by atoms with Gasteiger partial charge >= 0.3 is 0 Å². The molecule has 0 spiro atoms. The van der Waals surface area contributed by atoms with E-state index in [1.54, 1.807) is 7.11 Å². The molecule has 0 radical (unpaired) electrons. The fourth-order valence-electron chi connectivity index (χ4n) is 3.31. The van der Waals surface area contributed by atoms with Gasteiger partial charge in [0.2, 0.25) is 0 Å². The van der Waals surface area contributed by atoms with Crippen molar-refractivity contribution in [2.75, 3.05) is 19.0 Å². The Bertz CT molecular complexity index is 898. The summed E-state index contributed by atoms with van der Waals surface area (Å²) in [7, 11) is 1.69. The van der Waals surface area contributed by atoms with Crippen LogP contribution in [-0.4, -0.2) is 19.0 Å². The second-order valence-electron chi connectivity index (χ2n) is 6.36. The molecule has 0 saturated heterocycles. The van der Waals surface area contributed by atoms with Gasteiger partial charge in [0.15, 0.2) is 0 Å². The Morgan fingerprint density at radius 2 is 1.32 bits per heavy atom. The van der Waals surface area contributed by atoms with Crippen molar-refractivity contribution in [3.05, 3.63) is 95.6 Å². The molecular formula is C25H25BrO2. The lowest BCUT2D eigenvalue weighted by molar-refractivity contribution is 0.345. The van der Waals surface area contributed by atoms with Gasteiger partial charge in [-0.05, 0) is 58.5 Å². The molecule has 3 rings (SSSR count). The van der Waals surface area contributed by atoms with Gasteiger partial charge in [0.05, 0.1) is 13.7 Å². The monoisotopic (exact) mass is 436 g/mol. The lowest BCUT2D eigenvalue weighted by Crippen LogP contribution is -1.98. The van der Waals surface area contributed by atoms with Gasteiger partial charge in [-0.3, -0.25) is 0 Å². The molecule has 0 unspecified atom stereocenters. The van der Waals surface area contributed by atoms with Gasteiger partial charge in [-0.15, -0.1) is 0 Å². The topological polar surface area (TPSA) is 18.5 Å². The van der Waals surface area contributed by atoms with E-state index in [2.05, 4.69) is 77.5 Å². The SMILES string of the molecule is CCC(=C(c1ccc(OC)cc1)c1ccc(OCCBr)cc1)c1ccccc1. The Balaban J connectivity index is 2.12. The number of alkyl halides is 1. The zero-order chi connectivity index (χ0) is 19.8. The summed E-state index contributed by atoms with van der Waals surface area (Å²) in [5.41, 5.74) is 6.16. The molecule has 0 heterocycles. The van der Waals surface area contributed by atoms with Crippen molar-refractivity contribution >= 4 is 27.1 Å². The average molecular weight is 437 g/mol. The van der Waals surface area contributed by atoms with E-state index in [4.69, 9.17) is 9.47 Å². The van der Waals surface area contributed by atoms with Crippen molar-refractivity contribution in [3.8, 4) is 11.5 Å². The van der Waals surface area contributed by atoms with Crippen molar-refractivity contribution in [1.29, 1.82) is 0 Å². The van der Waals surface area contributed by atoms with Crippen LogP contribution in [0.2, 0.25) is 0 Å². The average Bonchev–Trinajstić information content (AvgIpc) is 2.77. The first-order valence-corrected chi connectivity index (χ1v) is 10.6. The quantitative estimate of drug-likeness (QED) is 0.284. The predicted octanol–water partition coefficient (Wildman–Crippen LogP) is 6.84. The summed E-state index contributed by atoms with van der Waals surface area (Å²) in [4.78, 5) is 0. The van der Waals surface area contributed by atoms with E-state index in [1.165, 1.54) is 27.8 Å². The van der Waals surface area contributed by atoms with Gasteiger partial charge in [0, 0.05) is 5.33 Å². The van der Waals surface area contributed by atoms with Crippen LogP contribution in [0.1, 0.15) is 30.0 Å². The maximum Gasteiger partial charge on any atom is 0.119 e. The summed E-state index contributed by atoms with van der Waals surface area (Å²) >= 11 is 3.40. The summed E-state index contributed by atoms with van der Waals surface area (Å²) in [6.07, 6.45) is 0.938. The largest absolute Gasteiger partial charge is 0.497 e. The van der Waals surface area contributed by atoms with Crippen LogP contribution >= 0.6 is 15.9 Å². The smallest absolute Gasteiger partial charge is 0.119 e. The lowest BCUT2D eigenvalue weighted by Gasteiger charge is -2.17. The van der Waals surface area contributed by atoms with Crippen LogP contribution in [0.5, 0.6) is 11.5 Å². The zero-order valence-electron chi connectivity index (χ0n) is 16.3. The first-order chi connectivity index (χ1) is 13.8. The normalized spacial score (nSPS) is 11.7. The van der Waals surface area contributed by atoms with Crippen LogP contribution in [0.15, 0.2) is 78.9 Å². The second kappa shape index (κ2) is 10.1. The molecule has 3 aromatic rings. The molecule has 0 bridgehead atoms. The lowest BCUT2D eigenvalue weighted by atomic mass is 9.88. The molecule has 0 amide bonds. The summed E-state index contributed by atoms with van der Waals surface area (Å²) in [5.74, 6) is 1.74. The Hall–Kier alpha value is -2.52. The van der Waals surface area contributed by atoms with E-state index < -0.39 is 0 Å². The Labute approximate surface area is 176 Å². The van der Waals surface area contributed by atoms with Crippen LogP contribution in [0.25, 0.3) is 11.1 Å². The fraction of sp³-hybridized carbons (Fsp3) is 0.200. The number of benzene rings is 3. The van der Waals surface area contributed by atoms with Crippen LogP contribution in [0, 0.1) is 0 Å². The highest BCUT2D eigenvalue weighted by molar-refractivity contribution is 9.09. The van der Waals surface area contributed by atoms with Gasteiger partial charge in [-0.25, -0.2) is 0 Å². The third-order valence-electron chi connectivity index (χ3n) is 4.65. The van der Waals surface area contributed by atoms with Crippen LogP contribution in [0.4, 0.5) is 0 Å². The molecule has 2 nitrogen and oxygen atoms in total. The van der Waals surface area contributed by atoms with Crippen molar-refractivity contribution < 1.29 is 9.47 Å². The molecule has 0 N–H and O–H groups in total. The van der Waals surface area contributed by atoms with Crippen molar-refractivity contribution in [2.24, 2.45) is 0 Å². The highest BCUT2D eigenvalue weighted by Gasteiger charge is 2.13. The first-order valence-electron chi connectivity index (χ1n) is 9.49. The maximum absolute atomic E-state index is 5.72. The Morgan fingerprint density at radius 3 is 1.82 bits per heavy atom. The molecule has 0 atom stereocenters. The van der Waals surface area contributed by atoms with E-state index in [1.807, 2.05) is 24.3 Å². The predicted molar refractivity (Wildman–Crippen MR) is 121 cm³/mol. The highest BCUT2D eigenvalue weighted by atomic mass is 79.9. The van der Waals surface area contributed by atoms with Crippen LogP contribution in [0.3, 0.4) is 0 Å². The molecule has 0 aliphatic rings. The number of hydrogen-bond acceptors (Lipinski definition) is 2. The fourth-order valence-corrected chi connectivity index (χ4v) is 3.47. The summed E-state index contributed by atoms with van der Waals surface area (Å²) in [6.45, 7) is 2.87. The molecule has 3 aromatic carbocycles. The summed E-state index contributed by atoms with van der Waals surface area (Å²) in [6, 6.07) is 27.2. The van der Waals surface area contributed by atoms with Gasteiger partial charge in [-0.1, -0.05) is 77.5 Å². The third kappa shape index (κ3) is 4.85. The molecule has 28 heavy (non-hydrogen) atoms. The minimum Gasteiger partial charge on any atom is -0.497 e.